The van der Waals surface area contributed by atoms with E-state index in [0.717, 1.165) is 31.2 Å². The molecule has 0 aliphatic heterocycles. The number of nitrogens with one attached hydrogen (secondary N) is 1. The summed E-state index contributed by atoms with van der Waals surface area (Å²) >= 11 is 8.67. The molecule has 3 nitrogen and oxygen atoms in total. The van der Waals surface area contributed by atoms with Crippen molar-refractivity contribution in [2.45, 2.75) is 16.8 Å². The van der Waals surface area contributed by atoms with Crippen LogP contribution < -0.4 is 5.32 Å². The van der Waals surface area contributed by atoms with E-state index >= 15 is 0 Å². The Morgan fingerprint density at radius 1 is 1.22 bits per heavy atom. The van der Waals surface area contributed by atoms with E-state index in [1.54, 1.807) is 18.1 Å². The van der Waals surface area contributed by atoms with E-state index in [1.807, 2.05) is 25.1 Å². The number of halogens is 2. The zero-order valence-corrected chi connectivity index (χ0v) is 13.6. The minimum absolute atomic E-state index is 0.821. The van der Waals surface area contributed by atoms with Crippen molar-refractivity contribution in [3.8, 4) is 0 Å². The number of benzene rings is 1. The lowest BCUT2D eigenvalue weighted by atomic mass is 10.4. The number of nitrogens with zero attached hydrogens (tertiary/aromatic N) is 2. The number of hydrogen-bond acceptors (Lipinski definition) is 4. The molecule has 6 heteroatoms. The predicted molar refractivity (Wildman–Crippen MR) is 82.2 cm³/mol. The first-order valence-electron chi connectivity index (χ1n) is 5.39. The van der Waals surface area contributed by atoms with Crippen LogP contribution in [-0.4, -0.2) is 16.5 Å². The lowest BCUT2D eigenvalue weighted by Crippen LogP contribution is -2.01. The van der Waals surface area contributed by atoms with E-state index in [1.165, 1.54) is 0 Å². The van der Waals surface area contributed by atoms with Gasteiger partial charge in [0.1, 0.15) is 17.2 Å². The van der Waals surface area contributed by atoms with E-state index in [4.69, 9.17) is 0 Å². The van der Waals surface area contributed by atoms with Gasteiger partial charge in [-0.2, -0.15) is 0 Å². The SMILES string of the molecule is CCNc1ncnc(Sc2ccccc2Br)c1Br. The fourth-order valence-electron chi connectivity index (χ4n) is 1.35. The standard InChI is InChI=1S/C12H11Br2N3S/c1-2-15-11-10(14)12(17-7-16-11)18-9-6-4-3-5-8(9)13/h3-7H,2H2,1H3,(H,15,16,17). The summed E-state index contributed by atoms with van der Waals surface area (Å²) in [7, 11) is 0. The number of rotatable bonds is 4. The molecule has 0 saturated heterocycles. The van der Waals surface area contributed by atoms with Gasteiger partial charge in [-0.25, -0.2) is 9.97 Å². The third kappa shape index (κ3) is 3.24. The molecule has 2 aromatic rings. The van der Waals surface area contributed by atoms with E-state index < -0.39 is 0 Å². The second-order valence-electron chi connectivity index (χ2n) is 3.40. The van der Waals surface area contributed by atoms with Crippen LogP contribution >= 0.6 is 43.6 Å². The van der Waals surface area contributed by atoms with Gasteiger partial charge in [-0.1, -0.05) is 23.9 Å². The first-order valence-corrected chi connectivity index (χ1v) is 7.79. The molecular formula is C12H11Br2N3S. The van der Waals surface area contributed by atoms with Gasteiger partial charge >= 0.3 is 0 Å². The summed E-state index contributed by atoms with van der Waals surface area (Å²) in [6.07, 6.45) is 1.57. The first-order chi connectivity index (χ1) is 8.72. The zero-order chi connectivity index (χ0) is 13.0. The molecule has 1 aromatic heterocycles. The molecule has 1 N–H and O–H groups in total. The van der Waals surface area contributed by atoms with Crippen molar-refractivity contribution >= 4 is 49.4 Å². The van der Waals surface area contributed by atoms with Crippen molar-refractivity contribution in [1.82, 2.24) is 9.97 Å². The average molecular weight is 389 g/mol. The summed E-state index contributed by atoms with van der Waals surface area (Å²) in [4.78, 5) is 9.62. The Morgan fingerprint density at radius 2 is 2.00 bits per heavy atom. The Kier molecular flexibility index (Phi) is 5.03. The largest absolute Gasteiger partial charge is 0.369 e. The summed E-state index contributed by atoms with van der Waals surface area (Å²) in [6.45, 7) is 2.86. The van der Waals surface area contributed by atoms with Crippen molar-refractivity contribution in [3.05, 3.63) is 39.5 Å². The van der Waals surface area contributed by atoms with Gasteiger partial charge in [-0.05, 0) is 50.9 Å². The summed E-state index contributed by atoms with van der Waals surface area (Å²) in [5.41, 5.74) is 0. The van der Waals surface area contributed by atoms with E-state index in [-0.39, 0.29) is 0 Å². The van der Waals surface area contributed by atoms with Crippen molar-refractivity contribution in [2.24, 2.45) is 0 Å². The maximum Gasteiger partial charge on any atom is 0.144 e. The highest BCUT2D eigenvalue weighted by molar-refractivity contribution is 9.11. The second kappa shape index (κ2) is 6.54. The van der Waals surface area contributed by atoms with Gasteiger partial charge < -0.3 is 5.32 Å². The van der Waals surface area contributed by atoms with Gasteiger partial charge in [0.25, 0.3) is 0 Å². The molecule has 0 fully saturated rings. The fraction of sp³-hybridized carbons (Fsp3) is 0.167. The zero-order valence-electron chi connectivity index (χ0n) is 9.65. The van der Waals surface area contributed by atoms with E-state index in [9.17, 15) is 0 Å². The molecule has 0 amide bonds. The molecular weight excluding hydrogens is 378 g/mol. The Bertz CT molecular complexity index is 549. The Hall–Kier alpha value is -0.590. The average Bonchev–Trinajstić information content (AvgIpc) is 2.37. The molecule has 94 valence electrons. The Labute approximate surface area is 127 Å². The van der Waals surface area contributed by atoms with Gasteiger partial charge in [-0.15, -0.1) is 0 Å². The van der Waals surface area contributed by atoms with Gasteiger partial charge in [-0.3, -0.25) is 0 Å². The van der Waals surface area contributed by atoms with Crippen LogP contribution in [0.5, 0.6) is 0 Å². The molecule has 0 bridgehead atoms. The third-order valence-corrected chi connectivity index (χ3v) is 5.19. The predicted octanol–water partition coefficient (Wildman–Crippen LogP) is 4.58. The van der Waals surface area contributed by atoms with Gasteiger partial charge in [0.05, 0.1) is 4.47 Å². The molecule has 1 heterocycles. The summed E-state index contributed by atoms with van der Waals surface area (Å²) in [6, 6.07) is 8.07. The van der Waals surface area contributed by atoms with Crippen molar-refractivity contribution in [3.63, 3.8) is 0 Å². The minimum Gasteiger partial charge on any atom is -0.369 e. The van der Waals surface area contributed by atoms with Crippen LogP contribution in [0.15, 0.2) is 49.5 Å². The molecule has 0 aliphatic rings. The highest BCUT2D eigenvalue weighted by Gasteiger charge is 2.10. The fourth-order valence-corrected chi connectivity index (χ4v) is 3.27. The molecule has 0 saturated carbocycles. The molecule has 0 aliphatic carbocycles. The molecule has 0 unspecified atom stereocenters. The molecule has 0 spiro atoms. The molecule has 18 heavy (non-hydrogen) atoms. The van der Waals surface area contributed by atoms with E-state index in [2.05, 4.69) is 53.2 Å². The summed E-state index contributed by atoms with van der Waals surface area (Å²) < 4.78 is 1.96. The molecule has 2 rings (SSSR count). The van der Waals surface area contributed by atoms with Crippen molar-refractivity contribution < 1.29 is 0 Å². The first kappa shape index (κ1) is 13.8. The normalized spacial score (nSPS) is 10.4. The van der Waals surface area contributed by atoms with Crippen LogP contribution in [0.4, 0.5) is 5.82 Å². The second-order valence-corrected chi connectivity index (χ2v) is 6.08. The molecule has 0 atom stereocenters. The van der Waals surface area contributed by atoms with Crippen molar-refractivity contribution in [2.75, 3.05) is 11.9 Å². The summed E-state index contributed by atoms with van der Waals surface area (Å²) in [5, 5.41) is 4.09. The molecule has 0 radical (unpaired) electrons. The smallest absolute Gasteiger partial charge is 0.144 e. The third-order valence-electron chi connectivity index (χ3n) is 2.15. The monoisotopic (exact) mass is 387 g/mol. The highest BCUT2D eigenvalue weighted by atomic mass is 79.9. The Balaban J connectivity index is 2.30. The number of anilines is 1. The summed E-state index contributed by atoms with van der Waals surface area (Å²) in [5.74, 6) is 0.821. The van der Waals surface area contributed by atoms with Crippen LogP contribution in [0.25, 0.3) is 0 Å². The topological polar surface area (TPSA) is 37.8 Å². The maximum absolute atomic E-state index is 4.30. The van der Waals surface area contributed by atoms with E-state index in [0.29, 0.717) is 0 Å². The lowest BCUT2D eigenvalue weighted by molar-refractivity contribution is 1.01. The molecule has 1 aromatic carbocycles. The van der Waals surface area contributed by atoms with Gasteiger partial charge in [0, 0.05) is 15.9 Å². The van der Waals surface area contributed by atoms with Gasteiger partial charge in [0.2, 0.25) is 0 Å². The quantitative estimate of drug-likeness (QED) is 0.777. The number of hydrogen-bond donors (Lipinski definition) is 1. The van der Waals surface area contributed by atoms with Crippen LogP contribution in [0.1, 0.15) is 6.92 Å². The minimum atomic E-state index is 0.821. The van der Waals surface area contributed by atoms with Gasteiger partial charge in [0.15, 0.2) is 0 Å². The number of aromatic nitrogens is 2. The Morgan fingerprint density at radius 3 is 2.72 bits per heavy atom. The van der Waals surface area contributed by atoms with Crippen LogP contribution in [0, 0.1) is 0 Å². The van der Waals surface area contributed by atoms with Crippen LogP contribution in [0.3, 0.4) is 0 Å². The lowest BCUT2D eigenvalue weighted by Gasteiger charge is -2.09. The van der Waals surface area contributed by atoms with Crippen LogP contribution in [-0.2, 0) is 0 Å². The van der Waals surface area contributed by atoms with Crippen LogP contribution in [0.2, 0.25) is 0 Å². The van der Waals surface area contributed by atoms with Crippen molar-refractivity contribution in [1.29, 1.82) is 0 Å². The highest BCUT2D eigenvalue weighted by Crippen LogP contribution is 2.37. The maximum atomic E-state index is 4.30.